The van der Waals surface area contributed by atoms with E-state index in [1.807, 2.05) is 6.07 Å². The zero-order valence-electron chi connectivity index (χ0n) is 12.4. The fourth-order valence-electron chi connectivity index (χ4n) is 2.14. The highest BCUT2D eigenvalue weighted by Gasteiger charge is 2.08. The van der Waals surface area contributed by atoms with Gasteiger partial charge in [-0.2, -0.15) is 0 Å². The van der Waals surface area contributed by atoms with Crippen LogP contribution in [0, 0.1) is 11.8 Å². The Morgan fingerprint density at radius 1 is 1.14 bits per heavy atom. The van der Waals surface area contributed by atoms with Gasteiger partial charge in [-0.1, -0.05) is 43.0 Å². The van der Waals surface area contributed by atoms with Crippen molar-refractivity contribution in [2.24, 2.45) is 0 Å². The average Bonchev–Trinajstić information content (AvgIpc) is 3.01. The Morgan fingerprint density at radius 2 is 2.00 bits per heavy atom. The maximum absolute atomic E-state index is 8.83. The number of thiophene rings is 1. The van der Waals surface area contributed by atoms with Crippen LogP contribution in [-0.2, 0) is 13.1 Å². The molecule has 0 aliphatic rings. The van der Waals surface area contributed by atoms with Crippen molar-refractivity contribution in [3.05, 3.63) is 57.8 Å². The van der Waals surface area contributed by atoms with Crippen LogP contribution in [0.3, 0.4) is 0 Å². The summed E-state index contributed by atoms with van der Waals surface area (Å²) in [6.07, 6.45) is 0.529. The van der Waals surface area contributed by atoms with E-state index < -0.39 is 0 Å². The van der Waals surface area contributed by atoms with Crippen molar-refractivity contribution in [3.63, 3.8) is 0 Å². The molecule has 1 aromatic heterocycles. The first-order valence-corrected chi connectivity index (χ1v) is 8.13. The first kappa shape index (κ1) is 15.8. The summed E-state index contributed by atoms with van der Waals surface area (Å²) >= 11 is 1.80. The molecule has 0 amide bonds. The van der Waals surface area contributed by atoms with Gasteiger partial charge in [0.2, 0.25) is 0 Å². The molecule has 3 heteroatoms. The van der Waals surface area contributed by atoms with Gasteiger partial charge in [0.25, 0.3) is 0 Å². The second-order valence-corrected chi connectivity index (χ2v) is 5.85. The lowest BCUT2D eigenvalue weighted by atomic mass is 10.1. The van der Waals surface area contributed by atoms with Crippen LogP contribution in [0.25, 0.3) is 0 Å². The zero-order valence-corrected chi connectivity index (χ0v) is 13.2. The Kier molecular flexibility index (Phi) is 6.49. The Morgan fingerprint density at radius 3 is 2.71 bits per heavy atom. The molecule has 0 atom stereocenters. The molecule has 1 N–H and O–H groups in total. The van der Waals surface area contributed by atoms with Gasteiger partial charge in [0.1, 0.15) is 0 Å². The van der Waals surface area contributed by atoms with Gasteiger partial charge >= 0.3 is 0 Å². The van der Waals surface area contributed by atoms with E-state index in [0.717, 1.165) is 25.2 Å². The van der Waals surface area contributed by atoms with Crippen molar-refractivity contribution in [1.82, 2.24) is 4.90 Å². The first-order chi connectivity index (χ1) is 10.3. The number of aliphatic hydroxyl groups excluding tert-OH is 1. The van der Waals surface area contributed by atoms with Gasteiger partial charge in [0.05, 0.1) is 6.61 Å². The maximum atomic E-state index is 8.83. The summed E-state index contributed by atoms with van der Waals surface area (Å²) in [6.45, 7) is 5.20. The lowest BCUT2D eigenvalue weighted by molar-refractivity contribution is 0.273. The number of rotatable bonds is 6. The number of benzene rings is 1. The Labute approximate surface area is 131 Å². The molecule has 2 nitrogen and oxygen atoms in total. The van der Waals surface area contributed by atoms with Gasteiger partial charge in [0.15, 0.2) is 0 Å². The average molecular weight is 299 g/mol. The third kappa shape index (κ3) is 5.02. The first-order valence-electron chi connectivity index (χ1n) is 7.26. The minimum absolute atomic E-state index is 0.120. The normalized spacial score (nSPS) is 10.4. The zero-order chi connectivity index (χ0) is 14.9. The summed E-state index contributed by atoms with van der Waals surface area (Å²) in [4.78, 5) is 3.80. The van der Waals surface area contributed by atoms with E-state index in [4.69, 9.17) is 5.11 Å². The predicted molar refractivity (Wildman–Crippen MR) is 89.1 cm³/mol. The van der Waals surface area contributed by atoms with Crippen LogP contribution in [-0.4, -0.2) is 23.2 Å². The third-order valence-corrected chi connectivity index (χ3v) is 4.14. The summed E-state index contributed by atoms with van der Waals surface area (Å²) < 4.78 is 0. The molecule has 0 aliphatic carbocycles. The highest BCUT2D eigenvalue weighted by atomic mass is 32.1. The smallest absolute Gasteiger partial charge is 0.0540 e. The van der Waals surface area contributed by atoms with Crippen LogP contribution in [0.4, 0.5) is 0 Å². The number of hydrogen-bond acceptors (Lipinski definition) is 3. The summed E-state index contributed by atoms with van der Waals surface area (Å²) in [6, 6.07) is 12.6. The Hall–Kier alpha value is -1.60. The largest absolute Gasteiger partial charge is 0.395 e. The second-order valence-electron chi connectivity index (χ2n) is 4.82. The van der Waals surface area contributed by atoms with Crippen LogP contribution in [0.2, 0.25) is 0 Å². The fourth-order valence-corrected chi connectivity index (χ4v) is 2.88. The third-order valence-electron chi connectivity index (χ3n) is 3.28. The van der Waals surface area contributed by atoms with E-state index in [0.29, 0.717) is 6.42 Å². The van der Waals surface area contributed by atoms with Crippen LogP contribution in [0.5, 0.6) is 0 Å². The van der Waals surface area contributed by atoms with Crippen molar-refractivity contribution in [1.29, 1.82) is 0 Å². The van der Waals surface area contributed by atoms with E-state index in [9.17, 15) is 0 Å². The minimum atomic E-state index is 0.120. The predicted octanol–water partition coefficient (Wildman–Crippen LogP) is 3.50. The van der Waals surface area contributed by atoms with Gasteiger partial charge in [-0.15, -0.1) is 11.3 Å². The Bertz CT molecular complexity index is 595. The van der Waals surface area contributed by atoms with E-state index >= 15 is 0 Å². The van der Waals surface area contributed by atoms with Crippen LogP contribution in [0.15, 0.2) is 41.8 Å². The van der Waals surface area contributed by atoms with Crippen LogP contribution < -0.4 is 0 Å². The SMILES string of the molecule is CCN(Cc1cccs1)Cc1ccccc1C#CCCO. The molecule has 0 saturated carbocycles. The number of aliphatic hydroxyl groups is 1. The molecule has 1 aromatic carbocycles. The van der Waals surface area contributed by atoms with Crippen LogP contribution >= 0.6 is 11.3 Å². The van der Waals surface area contributed by atoms with Gasteiger partial charge in [-0.05, 0) is 29.6 Å². The molecular weight excluding hydrogens is 278 g/mol. The molecule has 21 heavy (non-hydrogen) atoms. The number of hydrogen-bond donors (Lipinski definition) is 1. The molecule has 0 radical (unpaired) electrons. The van der Waals surface area contributed by atoms with Crippen molar-refractivity contribution in [2.45, 2.75) is 26.4 Å². The summed E-state index contributed by atoms with van der Waals surface area (Å²) in [7, 11) is 0. The fraction of sp³-hybridized carbons (Fsp3) is 0.333. The van der Waals surface area contributed by atoms with Crippen molar-refractivity contribution >= 4 is 11.3 Å². The summed E-state index contributed by atoms with van der Waals surface area (Å²) in [5, 5.41) is 11.0. The summed E-state index contributed by atoms with van der Waals surface area (Å²) in [5.74, 6) is 6.18. The minimum Gasteiger partial charge on any atom is -0.395 e. The van der Waals surface area contributed by atoms with Gasteiger partial charge in [-0.25, -0.2) is 0 Å². The highest BCUT2D eigenvalue weighted by molar-refractivity contribution is 7.09. The molecule has 2 aromatic rings. The molecule has 110 valence electrons. The van der Waals surface area contributed by atoms with Gasteiger partial charge < -0.3 is 5.11 Å². The maximum Gasteiger partial charge on any atom is 0.0540 e. The number of nitrogens with zero attached hydrogens (tertiary/aromatic N) is 1. The quantitative estimate of drug-likeness (QED) is 0.825. The lowest BCUT2D eigenvalue weighted by Gasteiger charge is -2.20. The lowest BCUT2D eigenvalue weighted by Crippen LogP contribution is -2.22. The molecule has 0 fully saturated rings. The molecule has 0 unspecified atom stereocenters. The molecule has 0 bridgehead atoms. The topological polar surface area (TPSA) is 23.5 Å². The molecule has 0 spiro atoms. The van der Waals surface area contributed by atoms with E-state index in [1.165, 1.54) is 10.4 Å². The molecule has 2 rings (SSSR count). The monoisotopic (exact) mass is 299 g/mol. The standard InChI is InChI=1S/C18H21NOS/c1-2-19(15-18-11-7-13-21-18)14-17-10-4-3-8-16(17)9-5-6-12-20/h3-4,7-8,10-11,13,20H,2,6,12,14-15H2,1H3. The molecular formula is C18H21NOS. The van der Waals surface area contributed by atoms with Crippen LogP contribution in [0.1, 0.15) is 29.3 Å². The molecule has 1 heterocycles. The molecule has 0 saturated heterocycles. The summed E-state index contributed by atoms with van der Waals surface area (Å²) in [5.41, 5.74) is 2.32. The second kappa shape index (κ2) is 8.63. The van der Waals surface area contributed by atoms with E-state index in [2.05, 4.69) is 59.4 Å². The Balaban J connectivity index is 2.08. The molecule has 0 aliphatic heterocycles. The van der Waals surface area contributed by atoms with E-state index in [1.54, 1.807) is 11.3 Å². The highest BCUT2D eigenvalue weighted by Crippen LogP contribution is 2.16. The van der Waals surface area contributed by atoms with Crippen molar-refractivity contribution in [3.8, 4) is 11.8 Å². The van der Waals surface area contributed by atoms with Gasteiger partial charge in [0, 0.05) is 30.0 Å². The van der Waals surface area contributed by atoms with E-state index in [-0.39, 0.29) is 6.61 Å². The van der Waals surface area contributed by atoms with Crippen molar-refractivity contribution < 1.29 is 5.11 Å². The van der Waals surface area contributed by atoms with Crippen molar-refractivity contribution in [2.75, 3.05) is 13.2 Å². The van der Waals surface area contributed by atoms with Gasteiger partial charge in [-0.3, -0.25) is 4.90 Å².